The van der Waals surface area contributed by atoms with Gasteiger partial charge >= 0.3 is 5.38 Å². The molecule has 0 aliphatic carbocycles. The summed E-state index contributed by atoms with van der Waals surface area (Å²) in [6.45, 7) is 0. The first-order valence-electron chi connectivity index (χ1n) is 4.35. The van der Waals surface area contributed by atoms with Crippen LogP contribution in [0.4, 0.5) is 8.78 Å². The van der Waals surface area contributed by atoms with E-state index in [0.29, 0.717) is 10.7 Å². The van der Waals surface area contributed by atoms with Crippen molar-refractivity contribution in [3.05, 3.63) is 18.1 Å². The molecular weight excluding hydrogens is 274 g/mol. The molecule has 6 nitrogen and oxygen atoms in total. The highest BCUT2D eigenvalue weighted by Gasteiger charge is 2.35. The Kier molecular flexibility index (Phi) is 2.13. The van der Waals surface area contributed by atoms with Gasteiger partial charge in [-0.05, 0) is 17.7 Å². The summed E-state index contributed by atoms with van der Waals surface area (Å²) in [6, 6.07) is 1.67. The summed E-state index contributed by atoms with van der Waals surface area (Å²) in [5.41, 5.74) is 0.615. The Morgan fingerprint density at radius 2 is 2.24 bits per heavy atom. The summed E-state index contributed by atoms with van der Waals surface area (Å²) in [7, 11) is 0. The monoisotopic (exact) mass is 276 g/mol. The molecule has 3 aromatic rings. The van der Waals surface area contributed by atoms with E-state index in [0.717, 1.165) is 15.9 Å². The van der Waals surface area contributed by atoms with Crippen molar-refractivity contribution in [3.63, 3.8) is 0 Å². The van der Waals surface area contributed by atoms with Crippen molar-refractivity contribution < 1.29 is 8.78 Å². The third-order valence-corrected chi connectivity index (χ3v) is 3.08. The van der Waals surface area contributed by atoms with E-state index in [1.165, 1.54) is 6.20 Å². The highest BCUT2D eigenvalue weighted by atomic mass is 35.5. The van der Waals surface area contributed by atoms with Gasteiger partial charge in [-0.1, -0.05) is 11.3 Å². The van der Waals surface area contributed by atoms with E-state index in [-0.39, 0.29) is 4.96 Å². The first kappa shape index (κ1) is 10.5. The molecule has 0 saturated heterocycles. The van der Waals surface area contributed by atoms with E-state index in [1.807, 2.05) is 0 Å². The quantitative estimate of drug-likeness (QED) is 0.725. The minimum Gasteiger partial charge on any atom is -0.275 e. The first-order valence-corrected chi connectivity index (χ1v) is 5.54. The second kappa shape index (κ2) is 3.44. The number of nitrogens with one attached hydrogen (secondary N) is 1. The van der Waals surface area contributed by atoms with Gasteiger partial charge in [-0.2, -0.15) is 23.5 Å². The van der Waals surface area contributed by atoms with Crippen molar-refractivity contribution in [1.82, 2.24) is 30.0 Å². The lowest BCUT2D eigenvalue weighted by molar-refractivity contribution is 0.0821. The average molecular weight is 277 g/mol. The number of H-pyrrole nitrogens is 1. The minimum absolute atomic E-state index is 0.241. The molecule has 3 aromatic heterocycles. The number of hydrogen-bond acceptors (Lipinski definition) is 5. The van der Waals surface area contributed by atoms with E-state index in [2.05, 4.69) is 25.5 Å². The molecule has 0 aliphatic rings. The maximum Gasteiger partial charge on any atom is 0.383 e. The van der Waals surface area contributed by atoms with Crippen molar-refractivity contribution in [2.75, 3.05) is 0 Å². The van der Waals surface area contributed by atoms with Crippen LogP contribution in [0, 0.1) is 0 Å². The van der Waals surface area contributed by atoms with E-state index in [4.69, 9.17) is 11.6 Å². The van der Waals surface area contributed by atoms with Gasteiger partial charge in [0.25, 0.3) is 0 Å². The lowest BCUT2D eigenvalue weighted by atomic mass is 10.5. The summed E-state index contributed by atoms with van der Waals surface area (Å²) in [4.78, 5) is 0.241. The Bertz CT molecular complexity index is 654. The van der Waals surface area contributed by atoms with Gasteiger partial charge in [0.15, 0.2) is 5.01 Å². The summed E-state index contributed by atoms with van der Waals surface area (Å²) < 4.78 is 26.8. The Hall–Kier alpha value is -1.61. The molecule has 0 radical (unpaired) electrons. The van der Waals surface area contributed by atoms with Crippen molar-refractivity contribution in [2.24, 2.45) is 0 Å². The van der Waals surface area contributed by atoms with Gasteiger partial charge in [0.1, 0.15) is 0 Å². The molecule has 0 atom stereocenters. The number of nitrogens with zero attached hydrogens (tertiary/aromatic N) is 5. The summed E-state index contributed by atoms with van der Waals surface area (Å²) in [6.07, 6.45) is 1.54. The smallest absolute Gasteiger partial charge is 0.275 e. The fraction of sp³-hybridized carbons (Fsp3) is 0.143. The van der Waals surface area contributed by atoms with Gasteiger partial charge in [-0.25, -0.2) is 0 Å². The van der Waals surface area contributed by atoms with Crippen LogP contribution in [-0.4, -0.2) is 30.0 Å². The Morgan fingerprint density at radius 3 is 2.88 bits per heavy atom. The molecule has 0 spiro atoms. The molecule has 17 heavy (non-hydrogen) atoms. The minimum atomic E-state index is -3.60. The van der Waals surface area contributed by atoms with E-state index >= 15 is 0 Å². The lowest BCUT2D eigenvalue weighted by Gasteiger charge is -2.01. The molecule has 0 aromatic carbocycles. The number of aromatic amines is 1. The maximum atomic E-state index is 13.0. The molecule has 3 rings (SSSR count). The van der Waals surface area contributed by atoms with E-state index in [1.54, 1.807) is 6.07 Å². The first-order chi connectivity index (χ1) is 8.05. The van der Waals surface area contributed by atoms with Crippen LogP contribution in [0.3, 0.4) is 0 Å². The number of fused-ring (bicyclic) bond motifs is 1. The predicted molar refractivity (Wildman–Crippen MR) is 56.0 cm³/mol. The molecule has 0 aliphatic heterocycles. The molecule has 0 amide bonds. The zero-order valence-electron chi connectivity index (χ0n) is 7.93. The lowest BCUT2D eigenvalue weighted by Crippen LogP contribution is -2.10. The fourth-order valence-electron chi connectivity index (χ4n) is 1.28. The number of aromatic nitrogens is 6. The SMILES string of the molecule is FC(F)(Cl)c1nnc2sc(-c3ccn[nH]3)nn12. The fourth-order valence-corrected chi connectivity index (χ4v) is 2.21. The topological polar surface area (TPSA) is 71.8 Å². The van der Waals surface area contributed by atoms with Gasteiger partial charge in [0.2, 0.25) is 10.8 Å². The van der Waals surface area contributed by atoms with Crippen LogP contribution < -0.4 is 0 Å². The normalized spacial score (nSPS) is 12.4. The molecule has 3 heterocycles. The highest BCUT2D eigenvalue weighted by Crippen LogP contribution is 2.33. The number of halogens is 3. The van der Waals surface area contributed by atoms with Crippen molar-refractivity contribution >= 4 is 27.9 Å². The maximum absolute atomic E-state index is 13.0. The van der Waals surface area contributed by atoms with Crippen LogP contribution in [0.2, 0.25) is 0 Å². The van der Waals surface area contributed by atoms with Crippen LogP contribution in [-0.2, 0) is 5.38 Å². The predicted octanol–water partition coefficient (Wildman–Crippen LogP) is 1.86. The molecule has 0 fully saturated rings. The van der Waals surface area contributed by atoms with Gasteiger partial charge in [-0.3, -0.25) is 5.10 Å². The Morgan fingerprint density at radius 1 is 1.41 bits per heavy atom. The zero-order valence-corrected chi connectivity index (χ0v) is 9.51. The number of rotatable bonds is 2. The second-order valence-electron chi connectivity index (χ2n) is 3.09. The van der Waals surface area contributed by atoms with Crippen LogP contribution in [0.15, 0.2) is 12.3 Å². The Balaban J connectivity index is 2.18. The molecule has 0 bridgehead atoms. The van der Waals surface area contributed by atoms with Crippen LogP contribution in [0.1, 0.15) is 5.82 Å². The van der Waals surface area contributed by atoms with Crippen molar-refractivity contribution in [3.8, 4) is 10.7 Å². The largest absolute Gasteiger partial charge is 0.383 e. The van der Waals surface area contributed by atoms with Gasteiger partial charge in [-0.15, -0.1) is 10.2 Å². The van der Waals surface area contributed by atoms with Crippen molar-refractivity contribution in [2.45, 2.75) is 5.38 Å². The van der Waals surface area contributed by atoms with Crippen LogP contribution in [0.5, 0.6) is 0 Å². The van der Waals surface area contributed by atoms with Gasteiger partial charge in [0.05, 0.1) is 5.69 Å². The third kappa shape index (κ3) is 1.67. The Labute approximate surface area is 101 Å². The standard InChI is InChI=1S/C7H3ClF2N6S/c8-7(9,10)5-13-14-6-16(5)15-4(17-6)3-1-2-11-12-3/h1-2H,(H,11,12). The molecule has 88 valence electrons. The zero-order chi connectivity index (χ0) is 12.0. The second-order valence-corrected chi connectivity index (χ2v) is 4.52. The highest BCUT2D eigenvalue weighted by molar-refractivity contribution is 7.19. The van der Waals surface area contributed by atoms with Gasteiger partial charge < -0.3 is 0 Å². The summed E-state index contributed by atoms with van der Waals surface area (Å²) in [5.74, 6) is -0.698. The van der Waals surface area contributed by atoms with Crippen LogP contribution in [0.25, 0.3) is 15.7 Å². The molecule has 0 unspecified atom stereocenters. The number of hydrogen-bond donors (Lipinski definition) is 1. The molecule has 10 heteroatoms. The average Bonchev–Trinajstić information content (AvgIpc) is 2.90. The van der Waals surface area contributed by atoms with Gasteiger partial charge in [0, 0.05) is 6.20 Å². The number of alkyl halides is 3. The van der Waals surface area contributed by atoms with Crippen molar-refractivity contribution in [1.29, 1.82) is 0 Å². The van der Waals surface area contributed by atoms with Crippen LogP contribution >= 0.6 is 22.9 Å². The molecule has 1 N–H and O–H groups in total. The summed E-state index contributed by atoms with van der Waals surface area (Å²) >= 11 is 6.01. The summed E-state index contributed by atoms with van der Waals surface area (Å²) in [5, 5.41) is 14.2. The molecule has 0 saturated carbocycles. The van der Waals surface area contributed by atoms with E-state index < -0.39 is 11.2 Å². The molecular formula is C7H3ClF2N6S. The van der Waals surface area contributed by atoms with E-state index in [9.17, 15) is 8.78 Å². The third-order valence-electron chi connectivity index (χ3n) is 1.98.